The highest BCUT2D eigenvalue weighted by Gasteiger charge is 2.19. The first-order valence-corrected chi connectivity index (χ1v) is 40.9. The van der Waals surface area contributed by atoms with Crippen LogP contribution in [0.2, 0.25) is 0 Å². The molecule has 0 saturated heterocycles. The lowest BCUT2D eigenvalue weighted by molar-refractivity contribution is 0.603. The standard InChI is InChI=1S/C96H96Cl4N4/c97-53-17-1-5-21-57-101-89-29-13-9-25-81(89)85-61-69(37-49-93(85)101)33-41-73-65-78-47-48-80-68-75(43-35-71-39-51-95-87(63-71)83-27-11-15-31-91(83)103(95)59-23-7-3-19-55-99)79(67-76(80)44-36-72-40-52-96-88(64-72)84-28-12-16-32-92(84)104(96)60-24-8-4-20-56-100)46-45-77(73)66-74(78)42-34-70-38-50-94-86(62-70)82-26-10-14-30-90(82)102(94)58-22-6-2-18-54-98/h9-16,25-44,49-52,61-68H,1-8,17-24,45-48,53-60H2/b41-33-,42-34+,43-35+,44-36+. The Hall–Kier alpha value is -8.48. The van der Waals surface area contributed by atoms with Crippen LogP contribution in [-0.4, -0.2) is 41.8 Å². The highest BCUT2D eigenvalue weighted by atomic mass is 35.5. The van der Waals surface area contributed by atoms with Crippen LogP contribution in [0.4, 0.5) is 0 Å². The van der Waals surface area contributed by atoms with Gasteiger partial charge in [0.25, 0.3) is 0 Å². The second-order valence-corrected chi connectivity index (χ2v) is 30.5. The summed E-state index contributed by atoms with van der Waals surface area (Å²) in [4.78, 5) is 0. The normalized spacial score (nSPS) is 13.0. The van der Waals surface area contributed by atoms with Crippen LogP contribution in [0.15, 0.2) is 194 Å². The average molecular weight is 1450 g/mol. The van der Waals surface area contributed by atoms with Crippen molar-refractivity contribution in [1.82, 2.24) is 18.3 Å². The minimum absolute atomic E-state index is 0.733. The Kier molecular flexibility index (Phi) is 23.4. The molecular weight excluding hydrogens is 1350 g/mol. The van der Waals surface area contributed by atoms with Crippen molar-refractivity contribution in [3.05, 3.63) is 261 Å². The van der Waals surface area contributed by atoms with E-state index in [1.54, 1.807) is 0 Å². The molecule has 104 heavy (non-hydrogen) atoms. The fraction of sp³-hybridized carbons (Fsp3) is 0.292. The van der Waals surface area contributed by atoms with Crippen LogP contribution in [0.5, 0.6) is 0 Å². The molecule has 4 aliphatic carbocycles. The quantitative estimate of drug-likeness (QED) is 0.0227. The summed E-state index contributed by atoms with van der Waals surface area (Å²) in [5.74, 6) is 2.93. The first-order chi connectivity index (χ1) is 51.4. The Morgan fingerprint density at radius 2 is 0.423 bits per heavy atom. The van der Waals surface area contributed by atoms with E-state index in [4.69, 9.17) is 46.4 Å². The maximum absolute atomic E-state index is 6.09. The van der Waals surface area contributed by atoms with Crippen LogP contribution in [0.3, 0.4) is 0 Å². The summed E-state index contributed by atoms with van der Waals surface area (Å²) in [6, 6.07) is 74.5. The van der Waals surface area contributed by atoms with Crippen LogP contribution >= 0.6 is 46.4 Å². The fourth-order valence-corrected chi connectivity index (χ4v) is 17.5. The van der Waals surface area contributed by atoms with Gasteiger partial charge in [-0.25, -0.2) is 0 Å². The second kappa shape index (κ2) is 34.2. The van der Waals surface area contributed by atoms with Gasteiger partial charge >= 0.3 is 0 Å². The van der Waals surface area contributed by atoms with Crippen LogP contribution in [-0.2, 0) is 51.9 Å². The number of halogens is 4. The summed E-state index contributed by atoms with van der Waals surface area (Å²) in [5.41, 5.74) is 25.8. The molecule has 0 radical (unpaired) electrons. The van der Waals surface area contributed by atoms with Gasteiger partial charge in [0.15, 0.2) is 0 Å². The molecule has 0 unspecified atom stereocenters. The predicted molar refractivity (Wildman–Crippen MR) is 458 cm³/mol. The Morgan fingerprint density at radius 3 is 0.654 bits per heavy atom. The van der Waals surface area contributed by atoms with E-state index in [-0.39, 0.29) is 0 Å². The molecule has 0 spiro atoms. The zero-order valence-electron chi connectivity index (χ0n) is 60.2. The van der Waals surface area contributed by atoms with Crippen LogP contribution in [0, 0.1) is 0 Å². The summed E-state index contributed by atoms with van der Waals surface area (Å²) < 4.78 is 10.2. The molecule has 0 N–H and O–H groups in total. The molecule has 4 nitrogen and oxygen atoms in total. The summed E-state index contributed by atoms with van der Waals surface area (Å²) >= 11 is 24.4. The number of para-hydroxylation sites is 4. The molecule has 0 amide bonds. The molecule has 4 aliphatic rings. The number of hydrogen-bond acceptors (Lipinski definition) is 0. The molecule has 4 aromatic heterocycles. The summed E-state index contributed by atoms with van der Waals surface area (Å²) in [7, 11) is 0. The van der Waals surface area contributed by atoms with E-state index in [1.165, 1.54) is 205 Å². The molecule has 4 bridgehead atoms. The summed E-state index contributed by atoms with van der Waals surface area (Å²) in [6.45, 7) is 4.00. The van der Waals surface area contributed by atoms with Gasteiger partial charge in [0, 0.05) is 137 Å². The molecule has 8 heteroatoms. The van der Waals surface area contributed by atoms with Crippen molar-refractivity contribution < 1.29 is 0 Å². The number of alkyl halides is 4. The van der Waals surface area contributed by atoms with Gasteiger partial charge in [0.2, 0.25) is 0 Å². The third-order valence-electron chi connectivity index (χ3n) is 22.2. The molecule has 0 fully saturated rings. The minimum atomic E-state index is 0.733. The Balaban J connectivity index is 0.817. The topological polar surface area (TPSA) is 19.7 Å². The molecular formula is C96H96Cl4N4. The lowest BCUT2D eigenvalue weighted by Gasteiger charge is -2.19. The second-order valence-electron chi connectivity index (χ2n) is 29.0. The van der Waals surface area contributed by atoms with Gasteiger partial charge in [-0.2, -0.15) is 0 Å². The van der Waals surface area contributed by atoms with Crippen molar-refractivity contribution in [1.29, 1.82) is 0 Å². The average Bonchev–Trinajstić information content (AvgIpc) is 1.59. The van der Waals surface area contributed by atoms with Gasteiger partial charge in [-0.1, -0.05) is 221 Å². The van der Waals surface area contributed by atoms with E-state index in [9.17, 15) is 0 Å². The largest absolute Gasteiger partial charge is 0.340 e. The monoisotopic (exact) mass is 1440 g/mol. The number of hydrogen-bond donors (Lipinski definition) is 0. The third-order valence-corrected chi connectivity index (χ3v) is 23.3. The number of rotatable bonds is 32. The maximum atomic E-state index is 6.09. The van der Waals surface area contributed by atoms with Crippen molar-refractivity contribution in [3.63, 3.8) is 0 Å². The van der Waals surface area contributed by atoms with Crippen molar-refractivity contribution in [2.75, 3.05) is 23.5 Å². The van der Waals surface area contributed by atoms with E-state index < -0.39 is 0 Å². The first-order valence-electron chi connectivity index (χ1n) is 38.8. The third kappa shape index (κ3) is 15.7. The molecule has 528 valence electrons. The van der Waals surface area contributed by atoms with Crippen molar-refractivity contribution in [2.45, 2.75) is 155 Å². The van der Waals surface area contributed by atoms with Crippen molar-refractivity contribution in [2.24, 2.45) is 0 Å². The minimum Gasteiger partial charge on any atom is -0.340 e. The van der Waals surface area contributed by atoms with Gasteiger partial charge in [-0.3, -0.25) is 0 Å². The van der Waals surface area contributed by atoms with E-state index in [0.29, 0.717) is 0 Å². The highest BCUT2D eigenvalue weighted by molar-refractivity contribution is 6.18. The zero-order chi connectivity index (χ0) is 70.6. The molecule has 18 rings (SSSR count). The number of unbranched alkanes of at least 4 members (excludes halogenated alkanes) is 12. The van der Waals surface area contributed by atoms with Gasteiger partial charge in [-0.05, 0) is 217 Å². The SMILES string of the molecule is ClCCCCCCn1c2ccccc2c2cc(/C=C\c3cc4c(/C=C/c5ccc6c(c5)c5ccccc5n6CCCCCCCl)cc3CCc3cc(/C=C/c5ccc6c(c5)c5ccccc5n6CCCCCCCl)c(cc3/C=C/c3ccc5c(c3)c3ccccc3n5CCCCCCCl)CC4)ccc21. The number of benzene rings is 10. The molecule has 0 atom stereocenters. The van der Waals surface area contributed by atoms with Crippen LogP contribution in [0.1, 0.15) is 169 Å². The Bertz CT molecular complexity index is 4810. The van der Waals surface area contributed by atoms with Gasteiger partial charge in [0.05, 0.1) is 0 Å². The molecule has 14 aromatic rings. The van der Waals surface area contributed by atoms with Gasteiger partial charge in [-0.15, -0.1) is 46.4 Å². The lowest BCUT2D eigenvalue weighted by atomic mass is 9.86. The van der Waals surface area contributed by atoms with E-state index in [1.807, 2.05) is 0 Å². The number of aromatic nitrogens is 4. The van der Waals surface area contributed by atoms with E-state index in [0.717, 1.165) is 127 Å². The van der Waals surface area contributed by atoms with Crippen LogP contribution < -0.4 is 0 Å². The smallest absolute Gasteiger partial charge is 0.0491 e. The van der Waals surface area contributed by atoms with Crippen LogP contribution in [0.25, 0.3) is 136 Å². The molecule has 0 aliphatic heterocycles. The summed E-state index contributed by atoms with van der Waals surface area (Å²) in [6.07, 6.45) is 40.9. The van der Waals surface area contributed by atoms with E-state index >= 15 is 0 Å². The zero-order valence-corrected chi connectivity index (χ0v) is 63.2. The molecule has 0 saturated carbocycles. The first kappa shape index (κ1) is 71.1. The number of fused-ring (bicyclic) bond motifs is 12. The maximum Gasteiger partial charge on any atom is 0.0491 e. The summed E-state index contributed by atoms with van der Waals surface area (Å²) in [5, 5.41) is 10.5. The van der Waals surface area contributed by atoms with Crippen molar-refractivity contribution in [3.8, 4) is 0 Å². The van der Waals surface area contributed by atoms with Crippen molar-refractivity contribution >= 4 is 182 Å². The van der Waals surface area contributed by atoms with E-state index in [2.05, 4.69) is 261 Å². The number of nitrogens with zero attached hydrogens (tertiary/aromatic N) is 4. The van der Waals surface area contributed by atoms with Gasteiger partial charge < -0.3 is 18.3 Å². The Labute approximate surface area is 634 Å². The fourth-order valence-electron chi connectivity index (χ4n) is 16.8. The molecule has 10 aromatic carbocycles. The van der Waals surface area contributed by atoms with Gasteiger partial charge in [0.1, 0.15) is 0 Å². The highest BCUT2D eigenvalue weighted by Crippen LogP contribution is 2.38. The molecule has 4 heterocycles. The Morgan fingerprint density at radius 1 is 0.212 bits per heavy atom. The number of aryl methyl sites for hydroxylation is 8. The lowest BCUT2D eigenvalue weighted by Crippen LogP contribution is -2.06. The predicted octanol–water partition coefficient (Wildman–Crippen LogP) is 27.9.